The Balaban J connectivity index is 1.77. The summed E-state index contributed by atoms with van der Waals surface area (Å²) in [4.78, 5) is 1.41. The van der Waals surface area contributed by atoms with E-state index < -0.39 is 0 Å². The number of nitrogens with one attached hydrogen (secondary N) is 1. The highest BCUT2D eigenvalue weighted by Gasteiger charge is 2.32. The van der Waals surface area contributed by atoms with E-state index in [9.17, 15) is 0 Å². The van der Waals surface area contributed by atoms with Gasteiger partial charge in [-0.05, 0) is 29.7 Å². The van der Waals surface area contributed by atoms with Crippen LogP contribution in [0.5, 0.6) is 0 Å². The van der Waals surface area contributed by atoms with Crippen molar-refractivity contribution in [1.82, 2.24) is 5.32 Å². The molecule has 0 bridgehead atoms. The molecule has 0 aliphatic heterocycles. The number of rotatable bonds is 5. The fraction of sp³-hybridized carbons (Fsp3) is 0.667. The summed E-state index contributed by atoms with van der Waals surface area (Å²) in [5.41, 5.74) is 0.388. The van der Waals surface area contributed by atoms with Gasteiger partial charge in [-0.25, -0.2) is 0 Å². The molecule has 1 aliphatic rings. The van der Waals surface area contributed by atoms with Gasteiger partial charge in [0.1, 0.15) is 0 Å². The molecule has 0 radical (unpaired) electrons. The highest BCUT2D eigenvalue weighted by atomic mass is 35.5. The maximum Gasteiger partial charge on any atom is 0.0299 e. The van der Waals surface area contributed by atoms with Crippen LogP contribution >= 0.6 is 22.9 Å². The Kier molecular flexibility index (Phi) is 4.06. The van der Waals surface area contributed by atoms with Crippen molar-refractivity contribution in [2.24, 2.45) is 5.41 Å². The first-order valence-corrected chi connectivity index (χ1v) is 7.05. The Morgan fingerprint density at radius 2 is 2.20 bits per heavy atom. The molecule has 0 saturated heterocycles. The zero-order valence-electron chi connectivity index (χ0n) is 8.97. The van der Waals surface area contributed by atoms with E-state index in [1.54, 1.807) is 0 Å². The van der Waals surface area contributed by atoms with E-state index in [2.05, 4.69) is 22.8 Å². The van der Waals surface area contributed by atoms with Crippen LogP contribution in [0.15, 0.2) is 17.5 Å². The fourth-order valence-corrected chi connectivity index (χ4v) is 3.38. The van der Waals surface area contributed by atoms with Crippen LogP contribution < -0.4 is 5.32 Å². The smallest absolute Gasteiger partial charge is 0.0299 e. The van der Waals surface area contributed by atoms with Crippen LogP contribution in [0, 0.1) is 5.41 Å². The maximum atomic E-state index is 6.09. The number of halogens is 1. The van der Waals surface area contributed by atoms with Crippen molar-refractivity contribution >= 4 is 22.9 Å². The van der Waals surface area contributed by atoms with Gasteiger partial charge in [-0.2, -0.15) is 0 Å². The quantitative estimate of drug-likeness (QED) is 0.779. The van der Waals surface area contributed by atoms with E-state index in [4.69, 9.17) is 11.6 Å². The van der Waals surface area contributed by atoms with E-state index in [1.807, 2.05) is 11.3 Å². The second-order valence-electron chi connectivity index (χ2n) is 4.52. The Morgan fingerprint density at radius 1 is 1.40 bits per heavy atom. The van der Waals surface area contributed by atoms with Gasteiger partial charge in [0.15, 0.2) is 0 Å². The van der Waals surface area contributed by atoms with Crippen LogP contribution in [-0.4, -0.2) is 12.4 Å². The monoisotopic (exact) mass is 243 g/mol. The van der Waals surface area contributed by atoms with Crippen molar-refractivity contribution in [3.05, 3.63) is 22.4 Å². The van der Waals surface area contributed by atoms with Gasteiger partial charge in [0.25, 0.3) is 0 Å². The lowest BCUT2D eigenvalue weighted by molar-refractivity contribution is 0.321. The van der Waals surface area contributed by atoms with Crippen LogP contribution in [0.4, 0.5) is 0 Å². The van der Waals surface area contributed by atoms with Crippen molar-refractivity contribution in [2.75, 3.05) is 12.4 Å². The summed E-state index contributed by atoms with van der Waals surface area (Å²) in [6, 6.07) is 4.29. The summed E-state index contributed by atoms with van der Waals surface area (Å²) in [5.74, 6) is 0.810. The highest BCUT2D eigenvalue weighted by Crippen LogP contribution is 2.38. The van der Waals surface area contributed by atoms with Gasteiger partial charge < -0.3 is 5.32 Å². The Morgan fingerprint density at radius 3 is 2.80 bits per heavy atom. The van der Waals surface area contributed by atoms with E-state index in [-0.39, 0.29) is 0 Å². The van der Waals surface area contributed by atoms with Gasteiger partial charge in [0.05, 0.1) is 0 Å². The first-order chi connectivity index (χ1) is 7.35. The third-order valence-electron chi connectivity index (χ3n) is 3.33. The Bertz CT molecular complexity index is 278. The second-order valence-corrected chi connectivity index (χ2v) is 5.82. The van der Waals surface area contributed by atoms with Gasteiger partial charge in [0, 0.05) is 23.8 Å². The maximum absolute atomic E-state index is 6.09. The average molecular weight is 244 g/mol. The second kappa shape index (κ2) is 5.33. The normalized spacial score (nSPS) is 19.5. The standard InChI is InChI=1S/C12H18ClNS/c13-9-12(5-1-2-6-12)10-14-8-11-4-3-7-15-11/h3-4,7,14H,1-2,5-6,8-10H2. The van der Waals surface area contributed by atoms with Crippen molar-refractivity contribution in [3.8, 4) is 0 Å². The first-order valence-electron chi connectivity index (χ1n) is 5.64. The summed E-state index contributed by atoms with van der Waals surface area (Å²) < 4.78 is 0. The number of hydrogen-bond donors (Lipinski definition) is 1. The molecule has 1 nitrogen and oxygen atoms in total. The van der Waals surface area contributed by atoms with Crippen LogP contribution in [0.3, 0.4) is 0 Å². The molecule has 0 atom stereocenters. The minimum Gasteiger partial charge on any atom is -0.311 e. The number of thiophene rings is 1. The van der Waals surface area contributed by atoms with Crippen LogP contribution in [0.25, 0.3) is 0 Å². The molecular formula is C12H18ClNS. The van der Waals surface area contributed by atoms with Crippen molar-refractivity contribution in [2.45, 2.75) is 32.2 Å². The third-order valence-corrected chi connectivity index (χ3v) is 4.77. The van der Waals surface area contributed by atoms with Gasteiger partial charge >= 0.3 is 0 Å². The SMILES string of the molecule is ClCC1(CNCc2cccs2)CCCC1. The van der Waals surface area contributed by atoms with Crippen LogP contribution in [0.2, 0.25) is 0 Å². The van der Waals surface area contributed by atoms with Crippen molar-refractivity contribution in [3.63, 3.8) is 0 Å². The Labute approximate surface area is 101 Å². The van der Waals surface area contributed by atoms with E-state index in [0.717, 1.165) is 19.0 Å². The first kappa shape index (κ1) is 11.4. The van der Waals surface area contributed by atoms with E-state index >= 15 is 0 Å². The zero-order valence-corrected chi connectivity index (χ0v) is 10.5. The average Bonchev–Trinajstić information content (AvgIpc) is 2.89. The summed E-state index contributed by atoms with van der Waals surface area (Å²) >= 11 is 7.90. The molecule has 0 unspecified atom stereocenters. The lowest BCUT2D eigenvalue weighted by Gasteiger charge is -2.26. The predicted molar refractivity (Wildman–Crippen MR) is 67.6 cm³/mol. The molecule has 0 aromatic carbocycles. The van der Waals surface area contributed by atoms with Gasteiger partial charge in [0.2, 0.25) is 0 Å². The molecule has 15 heavy (non-hydrogen) atoms. The van der Waals surface area contributed by atoms with Gasteiger partial charge in [-0.1, -0.05) is 18.9 Å². The molecule has 1 saturated carbocycles. The minimum absolute atomic E-state index is 0.388. The van der Waals surface area contributed by atoms with Crippen molar-refractivity contribution in [1.29, 1.82) is 0 Å². The summed E-state index contributed by atoms with van der Waals surface area (Å²) in [6.45, 7) is 2.07. The van der Waals surface area contributed by atoms with Crippen molar-refractivity contribution < 1.29 is 0 Å². The van der Waals surface area contributed by atoms with Gasteiger partial charge in [-0.15, -0.1) is 22.9 Å². The topological polar surface area (TPSA) is 12.0 Å². The van der Waals surface area contributed by atoms with Crippen LogP contribution in [0.1, 0.15) is 30.6 Å². The van der Waals surface area contributed by atoms with E-state index in [1.165, 1.54) is 30.6 Å². The molecule has 84 valence electrons. The molecule has 0 amide bonds. The lowest BCUT2D eigenvalue weighted by Crippen LogP contribution is -2.33. The third kappa shape index (κ3) is 2.96. The van der Waals surface area contributed by atoms with Crippen LogP contribution in [-0.2, 0) is 6.54 Å². The molecule has 1 aromatic heterocycles. The molecule has 1 fully saturated rings. The summed E-state index contributed by atoms with van der Waals surface area (Å²) in [7, 11) is 0. The molecule has 0 spiro atoms. The fourth-order valence-electron chi connectivity index (χ4n) is 2.35. The molecule has 1 aliphatic carbocycles. The zero-order chi connectivity index (χ0) is 10.6. The van der Waals surface area contributed by atoms with E-state index in [0.29, 0.717) is 5.41 Å². The molecule has 1 N–H and O–H groups in total. The minimum atomic E-state index is 0.388. The highest BCUT2D eigenvalue weighted by molar-refractivity contribution is 7.09. The number of alkyl halides is 1. The summed E-state index contributed by atoms with van der Waals surface area (Å²) in [6.07, 6.45) is 5.31. The van der Waals surface area contributed by atoms with Gasteiger partial charge in [-0.3, -0.25) is 0 Å². The molecule has 3 heteroatoms. The predicted octanol–water partition coefficient (Wildman–Crippen LogP) is 3.64. The molecule has 1 heterocycles. The number of hydrogen-bond acceptors (Lipinski definition) is 2. The lowest BCUT2D eigenvalue weighted by atomic mass is 9.88. The Hall–Kier alpha value is -0.0500. The molecule has 1 aromatic rings. The summed E-state index contributed by atoms with van der Waals surface area (Å²) in [5, 5.41) is 5.68. The largest absolute Gasteiger partial charge is 0.311 e. The molecule has 2 rings (SSSR count). The molecular weight excluding hydrogens is 226 g/mol.